The molecule has 1 aromatic heterocycles. The van der Waals surface area contributed by atoms with Crippen LogP contribution in [-0.2, 0) is 11.3 Å². The molecule has 18 heavy (non-hydrogen) atoms. The van der Waals surface area contributed by atoms with Crippen molar-refractivity contribution in [1.29, 1.82) is 0 Å². The molecule has 100 valence electrons. The third-order valence-corrected chi connectivity index (χ3v) is 3.65. The van der Waals surface area contributed by atoms with Gasteiger partial charge in [-0.3, -0.25) is 4.79 Å². The van der Waals surface area contributed by atoms with E-state index in [1.165, 1.54) is 0 Å². The largest absolute Gasteiger partial charge is 0.481 e. The molecule has 1 heterocycles. The van der Waals surface area contributed by atoms with Gasteiger partial charge in [0.25, 0.3) is 0 Å². The van der Waals surface area contributed by atoms with E-state index in [9.17, 15) is 9.59 Å². The number of carboxylic acids is 1. The van der Waals surface area contributed by atoms with Crippen molar-refractivity contribution in [2.24, 2.45) is 0 Å². The van der Waals surface area contributed by atoms with Crippen LogP contribution in [-0.4, -0.2) is 23.1 Å². The molecule has 0 aromatic carbocycles. The molecule has 0 fully saturated rings. The van der Waals surface area contributed by atoms with E-state index in [2.05, 4.69) is 10.6 Å². The topological polar surface area (TPSA) is 78.4 Å². The number of hydrogen-bond acceptors (Lipinski definition) is 3. The van der Waals surface area contributed by atoms with E-state index < -0.39 is 5.97 Å². The van der Waals surface area contributed by atoms with Crippen LogP contribution < -0.4 is 10.6 Å². The minimum atomic E-state index is -0.906. The number of urea groups is 1. The Kier molecular flexibility index (Phi) is 5.64. The van der Waals surface area contributed by atoms with Gasteiger partial charge in [0.15, 0.2) is 0 Å². The normalized spacial score (nSPS) is 11.9. The third kappa shape index (κ3) is 4.75. The molecule has 3 N–H and O–H groups in total. The summed E-state index contributed by atoms with van der Waals surface area (Å²) in [6, 6.07) is 1.35. The van der Waals surface area contributed by atoms with Gasteiger partial charge >= 0.3 is 12.0 Å². The number of carbonyl (C=O) groups excluding carboxylic acids is 1. The first-order chi connectivity index (χ1) is 8.52. The van der Waals surface area contributed by atoms with Gasteiger partial charge < -0.3 is 15.7 Å². The van der Waals surface area contributed by atoms with Crippen molar-refractivity contribution in [2.45, 2.75) is 39.3 Å². The van der Waals surface area contributed by atoms with Crippen LogP contribution in [0.4, 0.5) is 4.79 Å². The molecule has 0 radical (unpaired) electrons. The number of aryl methyl sites for hydroxylation is 1. The molecule has 0 spiro atoms. The van der Waals surface area contributed by atoms with E-state index >= 15 is 0 Å². The summed E-state index contributed by atoms with van der Waals surface area (Å²) in [5.41, 5.74) is 1.15. The summed E-state index contributed by atoms with van der Waals surface area (Å²) in [5.74, 6) is -0.906. The predicted molar refractivity (Wildman–Crippen MR) is 70.8 cm³/mol. The van der Waals surface area contributed by atoms with E-state index in [0.717, 1.165) is 10.4 Å². The zero-order valence-corrected chi connectivity index (χ0v) is 11.3. The van der Waals surface area contributed by atoms with Crippen molar-refractivity contribution in [2.75, 3.05) is 0 Å². The first kappa shape index (κ1) is 14.5. The van der Waals surface area contributed by atoms with Crippen LogP contribution >= 0.6 is 11.3 Å². The molecule has 1 atom stereocenters. The second-order valence-electron chi connectivity index (χ2n) is 4.06. The Bertz CT molecular complexity index is 417. The zero-order valence-electron chi connectivity index (χ0n) is 10.5. The van der Waals surface area contributed by atoms with Crippen LogP contribution in [0.5, 0.6) is 0 Å². The lowest BCUT2D eigenvalue weighted by atomic mass is 10.1. The number of carbonyl (C=O) groups is 2. The summed E-state index contributed by atoms with van der Waals surface area (Å²) in [4.78, 5) is 23.3. The summed E-state index contributed by atoms with van der Waals surface area (Å²) in [6.45, 7) is 4.31. The minimum Gasteiger partial charge on any atom is -0.481 e. The summed E-state index contributed by atoms with van der Waals surface area (Å²) in [5, 5.41) is 16.0. The van der Waals surface area contributed by atoms with E-state index in [0.29, 0.717) is 13.0 Å². The lowest BCUT2D eigenvalue weighted by Gasteiger charge is -2.15. The second-order valence-corrected chi connectivity index (χ2v) is 5.06. The molecular formula is C12H18N2O3S. The van der Waals surface area contributed by atoms with Gasteiger partial charge in [-0.05, 0) is 30.4 Å². The van der Waals surface area contributed by atoms with E-state index in [4.69, 9.17) is 5.11 Å². The van der Waals surface area contributed by atoms with Crippen molar-refractivity contribution in [3.63, 3.8) is 0 Å². The Labute approximate surface area is 110 Å². The molecule has 0 aliphatic heterocycles. The monoisotopic (exact) mass is 270 g/mol. The Morgan fingerprint density at radius 3 is 2.72 bits per heavy atom. The van der Waals surface area contributed by atoms with Gasteiger partial charge in [-0.15, -0.1) is 11.3 Å². The quantitative estimate of drug-likeness (QED) is 0.740. The van der Waals surface area contributed by atoms with Gasteiger partial charge in [0.2, 0.25) is 0 Å². The molecule has 0 aliphatic rings. The van der Waals surface area contributed by atoms with Gasteiger partial charge in [0.05, 0.1) is 13.0 Å². The van der Waals surface area contributed by atoms with Crippen LogP contribution in [0.2, 0.25) is 0 Å². The second kappa shape index (κ2) is 7.00. The molecule has 0 saturated heterocycles. The first-order valence-electron chi connectivity index (χ1n) is 5.82. The minimum absolute atomic E-state index is 0.0536. The van der Waals surface area contributed by atoms with Crippen molar-refractivity contribution in [1.82, 2.24) is 10.6 Å². The zero-order chi connectivity index (χ0) is 13.5. The van der Waals surface area contributed by atoms with E-state index in [-0.39, 0.29) is 18.5 Å². The molecule has 2 amide bonds. The van der Waals surface area contributed by atoms with Crippen LogP contribution in [0.25, 0.3) is 0 Å². The van der Waals surface area contributed by atoms with Crippen molar-refractivity contribution in [3.8, 4) is 0 Å². The molecular weight excluding hydrogens is 252 g/mol. The van der Waals surface area contributed by atoms with Crippen LogP contribution in [0.1, 0.15) is 30.2 Å². The number of carboxylic acid groups (broad SMARTS) is 1. The number of rotatable bonds is 6. The molecule has 1 unspecified atom stereocenters. The summed E-state index contributed by atoms with van der Waals surface area (Å²) < 4.78 is 0. The molecule has 5 nitrogen and oxygen atoms in total. The van der Waals surface area contributed by atoms with Crippen molar-refractivity contribution < 1.29 is 14.7 Å². The number of nitrogens with one attached hydrogen (secondary N) is 2. The van der Waals surface area contributed by atoms with Gasteiger partial charge in [0, 0.05) is 10.9 Å². The molecule has 0 saturated carbocycles. The maximum atomic E-state index is 11.6. The lowest BCUT2D eigenvalue weighted by Crippen LogP contribution is -2.42. The van der Waals surface area contributed by atoms with Gasteiger partial charge in [-0.1, -0.05) is 6.92 Å². The van der Waals surface area contributed by atoms with Crippen LogP contribution in [0, 0.1) is 6.92 Å². The number of amides is 2. The SMILES string of the molecule is CCC(CC(=O)O)NC(=O)NCc1sccc1C. The van der Waals surface area contributed by atoms with Crippen molar-refractivity contribution >= 4 is 23.3 Å². The molecule has 0 aliphatic carbocycles. The fourth-order valence-corrected chi connectivity index (χ4v) is 2.34. The standard InChI is InChI=1S/C12H18N2O3S/c1-3-9(6-11(15)16)14-12(17)13-7-10-8(2)4-5-18-10/h4-5,9H,3,6-7H2,1-2H3,(H,15,16)(H2,13,14,17). The average Bonchev–Trinajstić information content (AvgIpc) is 2.70. The Hall–Kier alpha value is -1.56. The summed E-state index contributed by atoms with van der Waals surface area (Å²) in [7, 11) is 0. The van der Waals surface area contributed by atoms with Crippen LogP contribution in [0.15, 0.2) is 11.4 Å². The predicted octanol–water partition coefficient (Wildman–Crippen LogP) is 2.11. The van der Waals surface area contributed by atoms with Gasteiger partial charge in [0.1, 0.15) is 0 Å². The van der Waals surface area contributed by atoms with E-state index in [1.54, 1.807) is 11.3 Å². The Morgan fingerprint density at radius 2 is 2.22 bits per heavy atom. The molecule has 1 rings (SSSR count). The number of aliphatic carboxylic acids is 1. The summed E-state index contributed by atoms with van der Waals surface area (Å²) in [6.07, 6.45) is 0.541. The van der Waals surface area contributed by atoms with Gasteiger partial charge in [-0.25, -0.2) is 4.79 Å². The lowest BCUT2D eigenvalue weighted by molar-refractivity contribution is -0.137. The maximum Gasteiger partial charge on any atom is 0.315 e. The highest BCUT2D eigenvalue weighted by atomic mass is 32.1. The average molecular weight is 270 g/mol. The maximum absolute atomic E-state index is 11.6. The fraction of sp³-hybridized carbons (Fsp3) is 0.500. The summed E-state index contributed by atoms with van der Waals surface area (Å²) >= 11 is 1.59. The first-order valence-corrected chi connectivity index (χ1v) is 6.70. The van der Waals surface area contributed by atoms with E-state index in [1.807, 2.05) is 25.3 Å². The van der Waals surface area contributed by atoms with Gasteiger partial charge in [-0.2, -0.15) is 0 Å². The highest BCUT2D eigenvalue weighted by molar-refractivity contribution is 7.10. The molecule has 0 bridgehead atoms. The highest BCUT2D eigenvalue weighted by Gasteiger charge is 2.13. The fourth-order valence-electron chi connectivity index (χ4n) is 1.49. The Balaban J connectivity index is 2.37. The third-order valence-electron chi connectivity index (χ3n) is 2.63. The highest BCUT2D eigenvalue weighted by Crippen LogP contribution is 2.14. The smallest absolute Gasteiger partial charge is 0.315 e. The molecule has 6 heteroatoms. The Morgan fingerprint density at radius 1 is 1.50 bits per heavy atom. The number of hydrogen-bond donors (Lipinski definition) is 3. The molecule has 1 aromatic rings. The van der Waals surface area contributed by atoms with Crippen molar-refractivity contribution in [3.05, 3.63) is 21.9 Å². The van der Waals surface area contributed by atoms with Crippen LogP contribution in [0.3, 0.4) is 0 Å². The number of thiophene rings is 1.